The van der Waals surface area contributed by atoms with Gasteiger partial charge in [0.15, 0.2) is 11.2 Å². The quantitative estimate of drug-likeness (QED) is 0.365. The van der Waals surface area contributed by atoms with Gasteiger partial charge in [-0.3, -0.25) is 9.20 Å². The number of nitrogens with zero attached hydrogens (tertiary/aromatic N) is 5. The molecule has 3 aliphatic rings. The molecule has 6 rings (SSSR count). The second kappa shape index (κ2) is 11.6. The molecule has 1 spiro atoms. The van der Waals surface area contributed by atoms with Gasteiger partial charge in [0.1, 0.15) is 5.60 Å². The highest BCUT2D eigenvalue weighted by Gasteiger charge is 2.50. The topological polar surface area (TPSA) is 145 Å². The third-order valence-corrected chi connectivity index (χ3v) is 10.6. The Hall–Kier alpha value is -3.50. The number of alkyl halides is 3. The summed E-state index contributed by atoms with van der Waals surface area (Å²) >= 11 is -1.77. The average molecular weight is 676 g/mol. The molecule has 0 radical (unpaired) electrons. The van der Waals surface area contributed by atoms with Crippen molar-refractivity contribution in [2.75, 3.05) is 26.3 Å². The van der Waals surface area contributed by atoms with Gasteiger partial charge in [0.25, 0.3) is 5.90 Å². The van der Waals surface area contributed by atoms with E-state index >= 15 is 0 Å². The van der Waals surface area contributed by atoms with Gasteiger partial charge in [0, 0.05) is 24.6 Å². The Morgan fingerprint density at radius 1 is 1.21 bits per heavy atom. The number of aromatic nitrogens is 3. The minimum atomic E-state index is -4.73. The smallest absolute Gasteiger partial charge is 0.452 e. The highest BCUT2D eigenvalue weighted by molar-refractivity contribution is 7.94. The SMILES string of the molecule is Cc1ccc([C@@H](c2ccn3c(C(F)(F)F)nnc3c2C)C(C)(C)C(=O)O)cc1CN1CC2(CCOC2)OC2=NCC(C)(O)C=C2[S+]1[O-]. The number of ether oxygens (including phenoxy) is 2. The molecular formula is C32H36F3N5O6S. The summed E-state index contributed by atoms with van der Waals surface area (Å²) in [7, 11) is 0. The van der Waals surface area contributed by atoms with Crippen molar-refractivity contribution >= 4 is 28.9 Å². The van der Waals surface area contributed by atoms with Crippen LogP contribution < -0.4 is 0 Å². The maximum absolute atomic E-state index is 14.1. The second-order valence-corrected chi connectivity index (χ2v) is 14.8. The molecule has 15 heteroatoms. The maximum Gasteiger partial charge on any atom is 0.452 e. The Labute approximate surface area is 272 Å². The minimum Gasteiger partial charge on any atom is -0.593 e. The Morgan fingerprint density at radius 3 is 2.62 bits per heavy atom. The van der Waals surface area contributed by atoms with Crippen LogP contribution in [0.15, 0.2) is 46.4 Å². The van der Waals surface area contributed by atoms with E-state index in [1.807, 2.05) is 25.1 Å². The van der Waals surface area contributed by atoms with E-state index in [-0.39, 0.29) is 42.7 Å². The first-order chi connectivity index (χ1) is 21.9. The number of pyridine rings is 1. The van der Waals surface area contributed by atoms with Gasteiger partial charge in [-0.05, 0) is 68.5 Å². The van der Waals surface area contributed by atoms with E-state index < -0.39 is 51.9 Å². The molecule has 5 heterocycles. The van der Waals surface area contributed by atoms with Crippen molar-refractivity contribution in [2.45, 2.75) is 70.9 Å². The number of aliphatic hydroxyl groups is 1. The van der Waals surface area contributed by atoms with Crippen molar-refractivity contribution in [3.8, 4) is 0 Å². The first-order valence-corrected chi connectivity index (χ1v) is 16.2. The molecule has 3 unspecified atom stereocenters. The van der Waals surface area contributed by atoms with E-state index in [1.54, 1.807) is 32.0 Å². The number of aryl methyl sites for hydroxylation is 2. The summed E-state index contributed by atoms with van der Waals surface area (Å²) in [6, 6.07) is 7.01. The lowest BCUT2D eigenvalue weighted by Gasteiger charge is -2.33. The molecule has 2 N–H and O–H groups in total. The summed E-state index contributed by atoms with van der Waals surface area (Å²) in [6.45, 7) is 9.46. The van der Waals surface area contributed by atoms with Gasteiger partial charge < -0.3 is 24.2 Å². The number of dihydropyridines is 1. The number of hydrogen-bond acceptors (Lipinski definition) is 9. The van der Waals surface area contributed by atoms with Gasteiger partial charge in [-0.15, -0.1) is 14.5 Å². The monoisotopic (exact) mass is 675 g/mol. The molecule has 0 bridgehead atoms. The number of hydrogen-bond donors (Lipinski definition) is 2. The third kappa shape index (κ3) is 6.03. The van der Waals surface area contributed by atoms with Crippen LogP contribution in [-0.2, 0) is 38.4 Å². The number of aliphatic carboxylic acids is 1. The number of carboxylic acids is 1. The Bertz CT molecular complexity index is 1800. The van der Waals surface area contributed by atoms with E-state index in [4.69, 9.17) is 9.47 Å². The zero-order valence-corrected chi connectivity index (χ0v) is 27.4. The van der Waals surface area contributed by atoms with Crippen LogP contribution in [0.2, 0.25) is 0 Å². The Balaban J connectivity index is 1.43. The third-order valence-electron chi connectivity index (χ3n) is 9.22. The lowest BCUT2D eigenvalue weighted by Crippen LogP contribution is -2.45. The molecule has 1 aromatic carbocycles. The van der Waals surface area contributed by atoms with E-state index in [1.165, 1.54) is 18.3 Å². The van der Waals surface area contributed by atoms with Crippen LogP contribution in [-0.4, -0.2) is 83.0 Å². The van der Waals surface area contributed by atoms with Crippen molar-refractivity contribution in [1.82, 2.24) is 18.9 Å². The standard InChI is InChI=1S/C32H36F3N5O6S/c1-18-6-7-20(24(29(3,4)28(41)42)22-8-10-40-25(19(22)2)37-38-27(40)32(33,34)35)12-21(18)14-39-16-31(9-11-45-17-31)46-26-23(47(39)44)13-30(5,43)15-36-26/h6-8,10,12-13,24,43H,9,11,14-17H2,1-5H3,(H,41,42)/t24-,30?,31?,47?/m0/s1. The predicted molar refractivity (Wildman–Crippen MR) is 166 cm³/mol. The molecule has 0 saturated carbocycles. The number of aliphatic imine (C=N–C) groups is 1. The van der Waals surface area contributed by atoms with E-state index in [0.29, 0.717) is 29.7 Å². The molecule has 2 fully saturated rings. The lowest BCUT2D eigenvalue weighted by molar-refractivity contribution is -0.147. The normalized spacial score (nSPS) is 26.0. The lowest BCUT2D eigenvalue weighted by atomic mass is 9.70. The molecule has 0 amide bonds. The summed E-state index contributed by atoms with van der Waals surface area (Å²) in [4.78, 5) is 17.4. The van der Waals surface area contributed by atoms with E-state index in [9.17, 15) is 32.7 Å². The van der Waals surface area contributed by atoms with Crippen molar-refractivity contribution in [1.29, 1.82) is 0 Å². The second-order valence-electron chi connectivity index (χ2n) is 13.4. The van der Waals surface area contributed by atoms with Gasteiger partial charge in [-0.1, -0.05) is 18.2 Å². The van der Waals surface area contributed by atoms with E-state index in [0.717, 1.165) is 15.5 Å². The predicted octanol–water partition coefficient (Wildman–Crippen LogP) is 4.31. The molecule has 2 aromatic heterocycles. The summed E-state index contributed by atoms with van der Waals surface area (Å²) in [5.41, 5.74) is -0.436. The number of carboxylic acid groups (broad SMARTS) is 1. The van der Waals surface area contributed by atoms with Crippen molar-refractivity contribution in [2.24, 2.45) is 10.4 Å². The average Bonchev–Trinajstić information content (AvgIpc) is 3.61. The Morgan fingerprint density at radius 2 is 1.96 bits per heavy atom. The first kappa shape index (κ1) is 33.4. The van der Waals surface area contributed by atoms with E-state index in [2.05, 4.69) is 15.2 Å². The highest BCUT2D eigenvalue weighted by atomic mass is 32.2. The van der Waals surface area contributed by atoms with Crippen LogP contribution in [0.25, 0.3) is 5.65 Å². The van der Waals surface area contributed by atoms with Gasteiger partial charge in [-0.25, -0.2) is 4.99 Å². The number of halogens is 3. The number of fused-ring (bicyclic) bond motifs is 2. The van der Waals surface area contributed by atoms with Crippen molar-refractivity contribution < 1.29 is 42.2 Å². The zero-order valence-electron chi connectivity index (χ0n) is 26.6. The fourth-order valence-corrected chi connectivity index (χ4v) is 8.01. The van der Waals surface area contributed by atoms with Gasteiger partial charge in [-0.2, -0.15) is 13.2 Å². The summed E-state index contributed by atoms with van der Waals surface area (Å²) in [5.74, 6) is -2.85. The van der Waals surface area contributed by atoms with Gasteiger partial charge in [0.2, 0.25) is 10.7 Å². The summed E-state index contributed by atoms with van der Waals surface area (Å²) in [6.07, 6.45) is -1.43. The Kier molecular flexibility index (Phi) is 8.23. The minimum absolute atomic E-state index is 0.0218. The van der Waals surface area contributed by atoms with Crippen LogP contribution in [0, 0.1) is 19.3 Å². The molecule has 252 valence electrons. The highest BCUT2D eigenvalue weighted by Crippen LogP contribution is 2.44. The number of carbonyl (C=O) groups is 1. The number of rotatable bonds is 6. The molecular weight excluding hydrogens is 639 g/mol. The van der Waals surface area contributed by atoms with Crippen molar-refractivity contribution in [3.63, 3.8) is 0 Å². The number of benzene rings is 1. The summed E-state index contributed by atoms with van der Waals surface area (Å²) in [5, 5.41) is 28.3. The molecule has 0 aliphatic carbocycles. The fourth-order valence-electron chi connectivity index (χ4n) is 6.51. The molecule has 47 heavy (non-hydrogen) atoms. The molecule has 11 nitrogen and oxygen atoms in total. The van der Waals surface area contributed by atoms with Crippen LogP contribution in [0.1, 0.15) is 66.8 Å². The maximum atomic E-state index is 14.1. The van der Waals surface area contributed by atoms with Gasteiger partial charge >= 0.3 is 12.1 Å². The fraction of sp³-hybridized carbons (Fsp3) is 0.500. The molecule has 2 saturated heterocycles. The first-order valence-electron chi connectivity index (χ1n) is 15.1. The van der Waals surface area contributed by atoms with Gasteiger partial charge in [0.05, 0.1) is 49.6 Å². The van der Waals surface area contributed by atoms with Crippen LogP contribution in [0.3, 0.4) is 0 Å². The molecule has 3 aliphatic heterocycles. The zero-order chi connectivity index (χ0) is 34.1. The van der Waals surface area contributed by atoms with Crippen LogP contribution in [0.5, 0.6) is 0 Å². The largest absolute Gasteiger partial charge is 0.593 e. The van der Waals surface area contributed by atoms with Crippen LogP contribution >= 0.6 is 0 Å². The molecule has 4 atom stereocenters. The molecule has 3 aromatic rings. The van der Waals surface area contributed by atoms with Crippen molar-refractivity contribution in [3.05, 3.63) is 75.1 Å². The summed E-state index contributed by atoms with van der Waals surface area (Å²) < 4.78 is 69.6. The van der Waals surface area contributed by atoms with Crippen LogP contribution in [0.4, 0.5) is 13.2 Å².